The molecule has 0 aromatic carbocycles. The maximum atomic E-state index is 10.6. The Balaban J connectivity index is 0. The molecule has 0 aliphatic carbocycles. The molecule has 0 aliphatic rings. The van der Waals surface area contributed by atoms with Crippen molar-refractivity contribution in [2.45, 2.75) is 26.9 Å². The Kier molecular flexibility index (Phi) is 9.09. The summed E-state index contributed by atoms with van der Waals surface area (Å²) in [5.41, 5.74) is 0. The Hall–Kier alpha value is -1.85. The van der Waals surface area contributed by atoms with Gasteiger partial charge in [0.25, 0.3) is 5.97 Å². The van der Waals surface area contributed by atoms with Gasteiger partial charge in [-0.25, -0.2) is 9.59 Å². The first kappa shape index (κ1) is 15.6. The Morgan fingerprint density at radius 2 is 1.53 bits per heavy atom. The van der Waals surface area contributed by atoms with Crippen LogP contribution in [0.25, 0.3) is 0 Å². The fraction of sp³-hybridized carbons (Fsp3) is 0.444. The third kappa shape index (κ3) is 24.5. The van der Waals surface area contributed by atoms with Crippen molar-refractivity contribution in [2.24, 2.45) is 0 Å². The molecule has 0 aromatic rings. The van der Waals surface area contributed by atoms with Crippen molar-refractivity contribution in [2.75, 3.05) is 0 Å². The van der Waals surface area contributed by atoms with E-state index in [1.165, 1.54) is 0 Å². The smallest absolute Gasteiger partial charge is 0.331 e. The Morgan fingerprint density at radius 3 is 1.80 bits per heavy atom. The minimum Gasteiger partial charge on any atom is -0.481 e. The van der Waals surface area contributed by atoms with Crippen LogP contribution in [-0.4, -0.2) is 34.2 Å². The molecule has 0 amide bonds. The molecule has 0 fully saturated rings. The number of rotatable bonds is 3. The standard InChI is InChI=1S/C7H10O4.C2H4O2/c1-5(2)11-7(10)4-3-6(8)9;1-2(3)4/h3-5H,1-2H3,(H,8,9);1H3,(H,3,4)/b4-3-;. The van der Waals surface area contributed by atoms with Gasteiger partial charge in [0.2, 0.25) is 0 Å². The Labute approximate surface area is 87.2 Å². The van der Waals surface area contributed by atoms with Crippen molar-refractivity contribution in [3.8, 4) is 0 Å². The van der Waals surface area contributed by atoms with E-state index in [1.807, 2.05) is 0 Å². The summed E-state index contributed by atoms with van der Waals surface area (Å²) in [6.45, 7) is 4.46. The molecule has 0 radical (unpaired) electrons. The number of aliphatic carboxylic acids is 2. The maximum absolute atomic E-state index is 10.6. The SMILES string of the molecule is CC(=O)O.CC(C)OC(=O)/C=C\C(=O)O. The summed E-state index contributed by atoms with van der Waals surface area (Å²) in [4.78, 5) is 29.5. The van der Waals surface area contributed by atoms with Crippen molar-refractivity contribution < 1.29 is 29.3 Å². The monoisotopic (exact) mass is 218 g/mol. The van der Waals surface area contributed by atoms with Crippen LogP contribution >= 0.6 is 0 Å². The second kappa shape index (κ2) is 8.74. The number of hydrogen-bond donors (Lipinski definition) is 2. The molecule has 0 saturated carbocycles. The van der Waals surface area contributed by atoms with Gasteiger partial charge in [-0.15, -0.1) is 0 Å². The fourth-order valence-electron chi connectivity index (χ4n) is 0.411. The van der Waals surface area contributed by atoms with Gasteiger partial charge in [0.15, 0.2) is 0 Å². The van der Waals surface area contributed by atoms with Crippen molar-refractivity contribution in [3.05, 3.63) is 12.2 Å². The zero-order chi connectivity index (χ0) is 12.4. The molecule has 6 nitrogen and oxygen atoms in total. The molecule has 0 aromatic heterocycles. The first-order valence-corrected chi connectivity index (χ1v) is 4.06. The van der Waals surface area contributed by atoms with Crippen LogP contribution in [0, 0.1) is 0 Å². The summed E-state index contributed by atoms with van der Waals surface area (Å²) in [7, 11) is 0. The second-order valence-corrected chi connectivity index (χ2v) is 2.68. The highest BCUT2D eigenvalue weighted by molar-refractivity contribution is 5.90. The molecule has 0 unspecified atom stereocenters. The van der Waals surface area contributed by atoms with Crippen molar-refractivity contribution in [3.63, 3.8) is 0 Å². The van der Waals surface area contributed by atoms with Gasteiger partial charge in [0.05, 0.1) is 6.10 Å². The Bertz CT molecular complexity index is 249. The largest absolute Gasteiger partial charge is 0.481 e. The average molecular weight is 218 g/mol. The second-order valence-electron chi connectivity index (χ2n) is 2.68. The molecule has 2 N–H and O–H groups in total. The number of carbonyl (C=O) groups is 3. The minimum absolute atomic E-state index is 0.221. The molecule has 6 heteroatoms. The van der Waals surface area contributed by atoms with Crippen LogP contribution in [0.1, 0.15) is 20.8 Å². The molecule has 0 atom stereocenters. The summed E-state index contributed by atoms with van der Waals surface area (Å²) in [6, 6.07) is 0. The van der Waals surface area contributed by atoms with Crippen molar-refractivity contribution in [1.82, 2.24) is 0 Å². The predicted molar refractivity (Wildman–Crippen MR) is 51.3 cm³/mol. The number of hydrogen-bond acceptors (Lipinski definition) is 4. The van der Waals surface area contributed by atoms with E-state index in [0.29, 0.717) is 0 Å². The van der Waals surface area contributed by atoms with Crippen LogP contribution in [0.2, 0.25) is 0 Å². The van der Waals surface area contributed by atoms with Gasteiger partial charge in [-0.2, -0.15) is 0 Å². The van der Waals surface area contributed by atoms with Gasteiger partial charge in [-0.1, -0.05) is 0 Å². The summed E-state index contributed by atoms with van der Waals surface area (Å²) in [5.74, 6) is -2.63. The van der Waals surface area contributed by atoms with E-state index in [0.717, 1.165) is 19.1 Å². The summed E-state index contributed by atoms with van der Waals surface area (Å²) in [6.07, 6.45) is 1.40. The molecule has 0 spiro atoms. The van der Waals surface area contributed by atoms with E-state index < -0.39 is 17.9 Å². The lowest BCUT2D eigenvalue weighted by molar-refractivity contribution is -0.142. The fourth-order valence-corrected chi connectivity index (χ4v) is 0.411. The highest BCUT2D eigenvalue weighted by atomic mass is 16.5. The van der Waals surface area contributed by atoms with Gasteiger partial charge in [0, 0.05) is 19.1 Å². The molecule has 0 bridgehead atoms. The molecular formula is C9H14O6. The van der Waals surface area contributed by atoms with Crippen LogP contribution in [0.5, 0.6) is 0 Å². The topological polar surface area (TPSA) is 101 Å². The van der Waals surface area contributed by atoms with Gasteiger partial charge < -0.3 is 14.9 Å². The highest BCUT2D eigenvalue weighted by Crippen LogP contribution is 1.89. The molecule has 0 saturated heterocycles. The van der Waals surface area contributed by atoms with Crippen LogP contribution in [0.3, 0.4) is 0 Å². The normalized spacial score (nSPS) is 9.33. The van der Waals surface area contributed by atoms with Crippen molar-refractivity contribution in [1.29, 1.82) is 0 Å². The summed E-state index contributed by atoms with van der Waals surface area (Å²) >= 11 is 0. The molecule has 15 heavy (non-hydrogen) atoms. The van der Waals surface area contributed by atoms with Gasteiger partial charge in [0.1, 0.15) is 0 Å². The van der Waals surface area contributed by atoms with E-state index in [2.05, 4.69) is 4.74 Å². The molecule has 0 aliphatic heterocycles. The average Bonchev–Trinajstić information content (AvgIpc) is 1.98. The van der Waals surface area contributed by atoms with E-state index >= 15 is 0 Å². The zero-order valence-corrected chi connectivity index (χ0v) is 8.76. The Morgan fingerprint density at radius 1 is 1.13 bits per heavy atom. The van der Waals surface area contributed by atoms with E-state index in [-0.39, 0.29) is 6.10 Å². The van der Waals surface area contributed by atoms with Crippen LogP contribution < -0.4 is 0 Å². The van der Waals surface area contributed by atoms with Crippen LogP contribution in [0.15, 0.2) is 12.2 Å². The molecule has 0 heterocycles. The first-order valence-electron chi connectivity index (χ1n) is 4.06. The molecular weight excluding hydrogens is 204 g/mol. The van der Waals surface area contributed by atoms with Crippen molar-refractivity contribution >= 4 is 17.9 Å². The number of carboxylic acid groups (broad SMARTS) is 2. The third-order valence-corrected chi connectivity index (χ3v) is 0.714. The quantitative estimate of drug-likeness (QED) is 0.533. The highest BCUT2D eigenvalue weighted by Gasteiger charge is 2.00. The van der Waals surface area contributed by atoms with Gasteiger partial charge in [-0.3, -0.25) is 4.79 Å². The van der Waals surface area contributed by atoms with E-state index in [4.69, 9.17) is 15.0 Å². The third-order valence-electron chi connectivity index (χ3n) is 0.714. The lowest BCUT2D eigenvalue weighted by Crippen LogP contribution is -2.08. The molecule has 86 valence electrons. The van der Waals surface area contributed by atoms with Gasteiger partial charge in [-0.05, 0) is 13.8 Å². The van der Waals surface area contributed by atoms with Crippen LogP contribution in [-0.2, 0) is 19.1 Å². The van der Waals surface area contributed by atoms with E-state index in [9.17, 15) is 9.59 Å². The molecule has 0 rings (SSSR count). The predicted octanol–water partition coefficient (Wildman–Crippen LogP) is 0.670. The lowest BCUT2D eigenvalue weighted by Gasteiger charge is -2.02. The summed E-state index contributed by atoms with van der Waals surface area (Å²) < 4.78 is 4.61. The lowest BCUT2D eigenvalue weighted by atomic mass is 10.4. The number of carboxylic acids is 2. The maximum Gasteiger partial charge on any atom is 0.331 e. The summed E-state index contributed by atoms with van der Waals surface area (Å²) in [5, 5.41) is 15.5. The number of esters is 1. The first-order chi connectivity index (χ1) is 6.75. The minimum atomic E-state index is -1.16. The number of ether oxygens (including phenoxy) is 1. The van der Waals surface area contributed by atoms with E-state index in [1.54, 1.807) is 13.8 Å². The van der Waals surface area contributed by atoms with Gasteiger partial charge >= 0.3 is 11.9 Å². The number of carbonyl (C=O) groups excluding carboxylic acids is 1. The van der Waals surface area contributed by atoms with Crippen LogP contribution in [0.4, 0.5) is 0 Å². The zero-order valence-electron chi connectivity index (χ0n) is 8.76.